The van der Waals surface area contributed by atoms with Gasteiger partial charge < -0.3 is 10.7 Å². The predicted molar refractivity (Wildman–Crippen MR) is 126 cm³/mol. The molecule has 2 N–H and O–H groups in total. The van der Waals surface area contributed by atoms with Crippen LogP contribution in [0.1, 0.15) is 70.4 Å². The van der Waals surface area contributed by atoms with Gasteiger partial charge >= 0.3 is 0 Å². The average Bonchev–Trinajstić information content (AvgIpc) is 3.19. The zero-order valence-electron chi connectivity index (χ0n) is 19.4. The van der Waals surface area contributed by atoms with E-state index in [4.69, 9.17) is 5.41 Å². The first-order chi connectivity index (χ1) is 15.5. The molecule has 8 unspecified atom stereocenters. The van der Waals surface area contributed by atoms with Crippen LogP contribution in [0.3, 0.4) is 0 Å². The van der Waals surface area contributed by atoms with Gasteiger partial charge in [-0.15, -0.1) is 0 Å². The number of nitrogens with one attached hydrogen (secondary N) is 2. The molecule has 5 heteroatoms. The molecule has 0 radical (unpaired) electrons. The topological polar surface area (TPSA) is 65.8 Å². The Bertz CT molecular complexity index is 859. The van der Waals surface area contributed by atoms with E-state index in [-0.39, 0.29) is 18.0 Å². The quantitative estimate of drug-likeness (QED) is 0.541. The normalized spacial score (nSPS) is 40.6. The minimum Gasteiger partial charge on any atom is -0.376 e. The second kappa shape index (κ2) is 8.87. The van der Waals surface area contributed by atoms with E-state index >= 15 is 0 Å². The third-order valence-corrected chi connectivity index (χ3v) is 10.1. The van der Waals surface area contributed by atoms with E-state index < -0.39 is 0 Å². The molecule has 8 atom stereocenters. The molecule has 4 nitrogen and oxygen atoms in total. The number of anilines is 1. The number of pyridine rings is 1. The molecular formula is C27H38FN3O. The maximum Gasteiger partial charge on any atom is 0.155 e. The van der Waals surface area contributed by atoms with Gasteiger partial charge in [0.1, 0.15) is 5.69 Å². The lowest BCUT2D eigenvalue weighted by atomic mass is 9.49. The molecule has 4 fully saturated rings. The number of hydrogen-bond acceptors (Lipinski definition) is 4. The van der Waals surface area contributed by atoms with E-state index in [0.29, 0.717) is 29.9 Å². The van der Waals surface area contributed by atoms with Crippen molar-refractivity contribution in [2.45, 2.75) is 64.7 Å². The van der Waals surface area contributed by atoms with Crippen LogP contribution in [-0.2, 0) is 4.79 Å². The highest BCUT2D eigenvalue weighted by Crippen LogP contribution is 2.64. The number of hydrogen-bond donors (Lipinski definition) is 2. The Balaban J connectivity index is 1.26. The van der Waals surface area contributed by atoms with Gasteiger partial charge in [-0.05, 0) is 111 Å². The second-order valence-corrected chi connectivity index (χ2v) is 11.3. The minimum absolute atomic E-state index is 0.127. The molecule has 0 amide bonds. The fourth-order valence-electron chi connectivity index (χ4n) is 8.61. The fraction of sp³-hybridized carbons (Fsp3) is 0.741. The zero-order chi connectivity index (χ0) is 22.3. The van der Waals surface area contributed by atoms with E-state index in [1.165, 1.54) is 44.7 Å². The molecule has 0 spiro atoms. The Kier molecular flexibility index (Phi) is 6.11. The molecule has 4 aliphatic rings. The standard InChI is InChI=1S/C27H38FN3O/c1-27-11-10-20-19-6-4-17(14-28)13-18(19)5-7-21(20)22(27)8-9-23(27)26(32)16-31-24-3-2-12-30-25(24)15-29/h2-3,12,15,17-23,29,31H,4-11,13-14,16H2,1H3. The Morgan fingerprint density at radius 3 is 2.84 bits per heavy atom. The number of Topliss-reactive ketones (excluding diaryl/α,β-unsaturated/α-hetero) is 1. The maximum absolute atomic E-state index is 13.4. The van der Waals surface area contributed by atoms with Gasteiger partial charge in [0.15, 0.2) is 5.78 Å². The third-order valence-electron chi connectivity index (χ3n) is 10.1. The lowest BCUT2D eigenvalue weighted by Crippen LogP contribution is -2.49. The number of nitrogens with zero attached hydrogens (tertiary/aromatic N) is 1. The highest BCUT2D eigenvalue weighted by Gasteiger charge is 2.58. The van der Waals surface area contributed by atoms with Gasteiger partial charge in [0.05, 0.1) is 18.9 Å². The van der Waals surface area contributed by atoms with Crippen LogP contribution in [0.5, 0.6) is 0 Å². The van der Waals surface area contributed by atoms with Crippen molar-refractivity contribution in [3.8, 4) is 0 Å². The molecule has 174 valence electrons. The van der Waals surface area contributed by atoms with E-state index in [1.54, 1.807) is 6.20 Å². The minimum atomic E-state index is -0.129. The molecule has 5 rings (SSSR count). The summed E-state index contributed by atoms with van der Waals surface area (Å²) in [6, 6.07) is 3.73. The summed E-state index contributed by atoms with van der Waals surface area (Å²) < 4.78 is 13.3. The summed E-state index contributed by atoms with van der Waals surface area (Å²) in [7, 11) is 0. The van der Waals surface area contributed by atoms with Crippen LogP contribution < -0.4 is 5.32 Å². The van der Waals surface area contributed by atoms with Crippen molar-refractivity contribution in [1.82, 2.24) is 4.98 Å². The van der Waals surface area contributed by atoms with Crippen LogP contribution in [0.4, 0.5) is 10.1 Å². The molecule has 0 saturated heterocycles. The SMILES string of the molecule is CC12CCC3C4CCC(CF)CC4CCC3C1CCC2C(=O)CNc1cccnc1C=N. The Morgan fingerprint density at radius 2 is 2.03 bits per heavy atom. The van der Waals surface area contributed by atoms with Gasteiger partial charge in [-0.3, -0.25) is 14.2 Å². The average molecular weight is 440 g/mol. The first-order valence-corrected chi connectivity index (χ1v) is 12.8. The summed E-state index contributed by atoms with van der Waals surface area (Å²) in [5.41, 5.74) is 1.47. The van der Waals surface area contributed by atoms with E-state index in [2.05, 4.69) is 17.2 Å². The summed E-state index contributed by atoms with van der Waals surface area (Å²) in [4.78, 5) is 17.6. The van der Waals surface area contributed by atoms with Crippen LogP contribution in [0.15, 0.2) is 18.3 Å². The number of rotatable bonds is 6. The van der Waals surface area contributed by atoms with E-state index in [1.807, 2.05) is 12.1 Å². The number of carbonyl (C=O) groups excluding carboxylic acids is 1. The van der Waals surface area contributed by atoms with Gasteiger partial charge in [-0.1, -0.05) is 6.92 Å². The van der Waals surface area contributed by atoms with E-state index in [0.717, 1.165) is 48.6 Å². The van der Waals surface area contributed by atoms with Crippen molar-refractivity contribution in [3.63, 3.8) is 0 Å². The zero-order valence-corrected chi connectivity index (χ0v) is 19.4. The highest BCUT2D eigenvalue weighted by molar-refractivity contribution is 5.88. The van der Waals surface area contributed by atoms with Crippen molar-refractivity contribution in [2.24, 2.45) is 46.8 Å². The highest BCUT2D eigenvalue weighted by atomic mass is 19.1. The lowest BCUT2D eigenvalue weighted by Gasteiger charge is -2.56. The summed E-state index contributed by atoms with van der Waals surface area (Å²) in [6.45, 7) is 2.60. The van der Waals surface area contributed by atoms with Crippen LogP contribution in [0, 0.1) is 52.2 Å². The first kappa shape index (κ1) is 22.0. The number of alkyl halides is 1. The number of halogens is 1. The molecule has 32 heavy (non-hydrogen) atoms. The molecule has 0 aromatic carbocycles. The Hall–Kier alpha value is -1.78. The van der Waals surface area contributed by atoms with Crippen LogP contribution in [0.2, 0.25) is 0 Å². The Labute approximate surface area is 191 Å². The van der Waals surface area contributed by atoms with Gasteiger partial charge in [0.25, 0.3) is 0 Å². The number of fused-ring (bicyclic) bond motifs is 5. The van der Waals surface area contributed by atoms with Gasteiger partial charge in [-0.2, -0.15) is 0 Å². The van der Waals surface area contributed by atoms with Gasteiger partial charge in [0.2, 0.25) is 0 Å². The van der Waals surface area contributed by atoms with Crippen molar-refractivity contribution in [3.05, 3.63) is 24.0 Å². The number of aromatic nitrogens is 1. The second-order valence-electron chi connectivity index (χ2n) is 11.3. The largest absolute Gasteiger partial charge is 0.376 e. The van der Waals surface area contributed by atoms with Gasteiger partial charge in [-0.25, -0.2) is 0 Å². The maximum atomic E-state index is 13.4. The summed E-state index contributed by atoms with van der Waals surface area (Å²) in [6.07, 6.45) is 13.6. The van der Waals surface area contributed by atoms with Crippen LogP contribution >= 0.6 is 0 Å². The fourth-order valence-corrected chi connectivity index (χ4v) is 8.61. The van der Waals surface area contributed by atoms with Gasteiger partial charge in [0, 0.05) is 18.3 Å². The molecule has 0 bridgehead atoms. The van der Waals surface area contributed by atoms with Crippen LogP contribution in [0.25, 0.3) is 0 Å². The van der Waals surface area contributed by atoms with E-state index in [9.17, 15) is 9.18 Å². The smallest absolute Gasteiger partial charge is 0.155 e. The molecular weight excluding hydrogens is 401 g/mol. The summed E-state index contributed by atoms with van der Waals surface area (Å²) in [5, 5.41) is 10.8. The van der Waals surface area contributed by atoms with Crippen molar-refractivity contribution in [2.75, 3.05) is 18.5 Å². The molecule has 4 aliphatic carbocycles. The lowest BCUT2D eigenvalue weighted by molar-refractivity contribution is -0.128. The molecule has 0 aliphatic heterocycles. The van der Waals surface area contributed by atoms with Crippen LogP contribution in [-0.4, -0.2) is 30.2 Å². The number of carbonyl (C=O) groups is 1. The molecule has 1 aromatic rings. The predicted octanol–water partition coefficient (Wildman–Crippen LogP) is 5.91. The summed E-state index contributed by atoms with van der Waals surface area (Å²) >= 11 is 0. The first-order valence-electron chi connectivity index (χ1n) is 12.8. The Morgan fingerprint density at radius 1 is 1.19 bits per heavy atom. The third kappa shape index (κ3) is 3.70. The van der Waals surface area contributed by atoms with Crippen molar-refractivity contribution >= 4 is 17.7 Å². The summed E-state index contributed by atoms with van der Waals surface area (Å²) in [5.74, 6) is 4.59. The number of ketones is 1. The van der Waals surface area contributed by atoms with Crippen molar-refractivity contribution in [1.29, 1.82) is 5.41 Å². The van der Waals surface area contributed by atoms with Crippen molar-refractivity contribution < 1.29 is 9.18 Å². The monoisotopic (exact) mass is 439 g/mol. The molecule has 4 saturated carbocycles. The molecule has 1 heterocycles. The molecule has 1 aromatic heterocycles.